The van der Waals surface area contributed by atoms with Gasteiger partial charge in [0.15, 0.2) is 5.65 Å². The van der Waals surface area contributed by atoms with Crippen LogP contribution in [0.15, 0.2) is 12.3 Å². The highest BCUT2D eigenvalue weighted by Gasteiger charge is 2.38. The number of aliphatic carboxylic acids is 1. The van der Waals surface area contributed by atoms with E-state index in [1.165, 1.54) is 0 Å². The van der Waals surface area contributed by atoms with Gasteiger partial charge in [-0.2, -0.15) is 5.10 Å². The van der Waals surface area contributed by atoms with Crippen LogP contribution in [0.1, 0.15) is 68.0 Å². The predicted octanol–water partition coefficient (Wildman–Crippen LogP) is 2.84. The first-order valence-electron chi connectivity index (χ1n) is 8.70. The van der Waals surface area contributed by atoms with Crippen LogP contribution in [0.2, 0.25) is 0 Å². The summed E-state index contributed by atoms with van der Waals surface area (Å²) < 4.78 is 1.83. The Morgan fingerprint density at radius 3 is 2.64 bits per heavy atom. The number of nitrogens with zero attached hydrogens (tertiary/aromatic N) is 3. The fourth-order valence-corrected chi connectivity index (χ4v) is 3.67. The summed E-state index contributed by atoms with van der Waals surface area (Å²) >= 11 is 0. The number of fused-ring (bicyclic) bond motifs is 1. The van der Waals surface area contributed by atoms with Gasteiger partial charge in [0, 0.05) is 11.4 Å². The molecule has 1 fully saturated rings. The van der Waals surface area contributed by atoms with Crippen molar-refractivity contribution in [2.45, 2.75) is 64.5 Å². The molecule has 0 spiro atoms. The molecule has 0 bridgehead atoms. The zero-order chi connectivity index (χ0) is 18.2. The average Bonchev–Trinajstić information content (AvgIpc) is 3.12. The Morgan fingerprint density at radius 1 is 1.36 bits per heavy atom. The number of carbonyl (C=O) groups is 2. The molecule has 7 nitrogen and oxygen atoms in total. The summed E-state index contributed by atoms with van der Waals surface area (Å²) in [5.74, 6) is -1.14. The zero-order valence-electron chi connectivity index (χ0n) is 14.9. The lowest BCUT2D eigenvalue weighted by molar-refractivity contribution is -0.138. The van der Waals surface area contributed by atoms with E-state index in [2.05, 4.69) is 15.4 Å². The smallest absolute Gasteiger partial charge is 0.305 e. The number of aryl methyl sites for hydroxylation is 1. The predicted molar refractivity (Wildman–Crippen MR) is 93.6 cm³/mol. The van der Waals surface area contributed by atoms with Gasteiger partial charge in [-0.3, -0.25) is 9.59 Å². The van der Waals surface area contributed by atoms with Crippen LogP contribution in [0.5, 0.6) is 0 Å². The molecule has 1 aliphatic carbocycles. The van der Waals surface area contributed by atoms with Crippen molar-refractivity contribution in [2.75, 3.05) is 0 Å². The SMILES string of the molecule is Cc1nc2c(cnn2C(C)C)cc1C(=O)NC1(CC(=O)O)CCCC1. The standard InChI is InChI=1S/C18H24N4O3/c1-11(2)22-16-13(10-19-22)8-14(12(3)20-16)17(25)21-18(9-15(23)24)6-4-5-7-18/h8,10-11H,4-7,9H2,1-3H3,(H,21,25)(H,23,24). The Morgan fingerprint density at radius 2 is 2.04 bits per heavy atom. The summed E-state index contributed by atoms with van der Waals surface area (Å²) in [5, 5.41) is 17.3. The lowest BCUT2D eigenvalue weighted by atomic mass is 9.92. The van der Waals surface area contributed by atoms with Gasteiger partial charge in [-0.15, -0.1) is 0 Å². The van der Waals surface area contributed by atoms with Gasteiger partial charge in [-0.1, -0.05) is 12.8 Å². The maximum absolute atomic E-state index is 12.8. The second-order valence-corrected chi connectivity index (χ2v) is 7.23. The monoisotopic (exact) mass is 344 g/mol. The third-order valence-corrected chi connectivity index (χ3v) is 4.92. The zero-order valence-corrected chi connectivity index (χ0v) is 14.9. The molecule has 2 aromatic heterocycles. The molecule has 1 amide bonds. The highest BCUT2D eigenvalue weighted by atomic mass is 16.4. The molecule has 0 saturated heterocycles. The van der Waals surface area contributed by atoms with Crippen LogP contribution >= 0.6 is 0 Å². The fraction of sp³-hybridized carbons (Fsp3) is 0.556. The van der Waals surface area contributed by atoms with E-state index in [4.69, 9.17) is 0 Å². The minimum Gasteiger partial charge on any atom is -0.481 e. The quantitative estimate of drug-likeness (QED) is 0.869. The van der Waals surface area contributed by atoms with Crippen LogP contribution in [0.25, 0.3) is 11.0 Å². The number of carbonyl (C=O) groups excluding carboxylic acids is 1. The maximum Gasteiger partial charge on any atom is 0.305 e. The van der Waals surface area contributed by atoms with E-state index < -0.39 is 11.5 Å². The molecule has 0 aliphatic heterocycles. The second kappa shape index (κ2) is 6.46. The number of hydrogen-bond acceptors (Lipinski definition) is 4. The van der Waals surface area contributed by atoms with Crippen LogP contribution in [-0.2, 0) is 4.79 Å². The summed E-state index contributed by atoms with van der Waals surface area (Å²) in [6, 6.07) is 1.98. The van der Waals surface area contributed by atoms with E-state index in [-0.39, 0.29) is 18.4 Å². The van der Waals surface area contributed by atoms with Crippen molar-refractivity contribution in [3.8, 4) is 0 Å². The molecule has 2 N–H and O–H groups in total. The number of carboxylic acids is 1. The Labute approximate surface area is 146 Å². The summed E-state index contributed by atoms with van der Waals surface area (Å²) in [6.07, 6.45) is 4.94. The van der Waals surface area contributed by atoms with E-state index >= 15 is 0 Å². The Hall–Kier alpha value is -2.44. The van der Waals surface area contributed by atoms with E-state index in [0.29, 0.717) is 24.1 Å². The molecule has 1 saturated carbocycles. The van der Waals surface area contributed by atoms with Gasteiger partial charge >= 0.3 is 5.97 Å². The van der Waals surface area contributed by atoms with Crippen molar-refractivity contribution in [3.63, 3.8) is 0 Å². The summed E-state index contributed by atoms with van der Waals surface area (Å²) in [4.78, 5) is 28.6. The van der Waals surface area contributed by atoms with Crippen LogP contribution in [0.3, 0.4) is 0 Å². The fourth-order valence-electron chi connectivity index (χ4n) is 3.67. The third kappa shape index (κ3) is 3.36. The van der Waals surface area contributed by atoms with Crippen LogP contribution < -0.4 is 5.32 Å². The van der Waals surface area contributed by atoms with E-state index in [1.807, 2.05) is 18.5 Å². The largest absolute Gasteiger partial charge is 0.481 e. The number of aromatic nitrogens is 3. The summed E-state index contributed by atoms with van der Waals surface area (Å²) in [7, 11) is 0. The lowest BCUT2D eigenvalue weighted by Gasteiger charge is -2.29. The number of hydrogen-bond donors (Lipinski definition) is 2. The average molecular weight is 344 g/mol. The molecule has 134 valence electrons. The van der Waals surface area contributed by atoms with Gasteiger partial charge in [0.2, 0.25) is 0 Å². The van der Waals surface area contributed by atoms with E-state index in [1.54, 1.807) is 19.2 Å². The van der Waals surface area contributed by atoms with Crippen LogP contribution in [-0.4, -0.2) is 37.3 Å². The second-order valence-electron chi connectivity index (χ2n) is 7.23. The first-order valence-corrected chi connectivity index (χ1v) is 8.70. The van der Waals surface area contributed by atoms with Crippen molar-refractivity contribution in [3.05, 3.63) is 23.5 Å². The Kier molecular flexibility index (Phi) is 4.49. The van der Waals surface area contributed by atoms with Gasteiger partial charge in [-0.05, 0) is 39.7 Å². The van der Waals surface area contributed by atoms with Crippen molar-refractivity contribution in [1.29, 1.82) is 0 Å². The Bertz CT molecular complexity index is 819. The van der Waals surface area contributed by atoms with Gasteiger partial charge in [0.25, 0.3) is 5.91 Å². The number of nitrogens with one attached hydrogen (secondary N) is 1. The Balaban J connectivity index is 1.91. The molecular formula is C18H24N4O3. The first-order chi connectivity index (χ1) is 11.8. The highest BCUT2D eigenvalue weighted by Crippen LogP contribution is 2.33. The van der Waals surface area contributed by atoms with Crippen molar-refractivity contribution in [1.82, 2.24) is 20.1 Å². The molecule has 1 aliphatic rings. The van der Waals surface area contributed by atoms with Crippen LogP contribution in [0.4, 0.5) is 0 Å². The van der Waals surface area contributed by atoms with E-state index in [9.17, 15) is 14.7 Å². The molecule has 25 heavy (non-hydrogen) atoms. The molecule has 3 rings (SSSR count). The molecule has 2 aromatic rings. The minimum absolute atomic E-state index is 0.0429. The van der Waals surface area contributed by atoms with Gasteiger partial charge in [0.1, 0.15) is 0 Å². The molecule has 0 atom stereocenters. The molecule has 7 heteroatoms. The van der Waals surface area contributed by atoms with E-state index in [0.717, 1.165) is 23.9 Å². The molecule has 0 unspecified atom stereocenters. The number of pyridine rings is 1. The van der Waals surface area contributed by atoms with Gasteiger partial charge in [0.05, 0.1) is 29.4 Å². The minimum atomic E-state index is -0.884. The topological polar surface area (TPSA) is 97.1 Å². The number of rotatable bonds is 5. The molecular weight excluding hydrogens is 320 g/mol. The lowest BCUT2D eigenvalue weighted by Crippen LogP contribution is -2.48. The van der Waals surface area contributed by atoms with Gasteiger partial charge in [-0.25, -0.2) is 9.67 Å². The molecule has 2 heterocycles. The van der Waals surface area contributed by atoms with Crippen molar-refractivity contribution < 1.29 is 14.7 Å². The summed E-state index contributed by atoms with van der Waals surface area (Å²) in [6.45, 7) is 5.85. The van der Waals surface area contributed by atoms with Crippen LogP contribution in [0, 0.1) is 6.92 Å². The summed E-state index contributed by atoms with van der Waals surface area (Å²) in [5.41, 5.74) is 1.21. The van der Waals surface area contributed by atoms with Gasteiger partial charge < -0.3 is 10.4 Å². The third-order valence-electron chi connectivity index (χ3n) is 4.92. The number of amides is 1. The first kappa shape index (κ1) is 17.4. The normalized spacial score (nSPS) is 16.5. The highest BCUT2D eigenvalue weighted by molar-refractivity contribution is 5.98. The van der Waals surface area contributed by atoms with Crippen molar-refractivity contribution >= 4 is 22.9 Å². The number of carboxylic acid groups (broad SMARTS) is 1. The molecule has 0 radical (unpaired) electrons. The molecule has 0 aromatic carbocycles. The van der Waals surface area contributed by atoms with Crippen molar-refractivity contribution in [2.24, 2.45) is 0 Å². The maximum atomic E-state index is 12.8.